The van der Waals surface area contributed by atoms with Crippen LogP contribution < -0.4 is 0 Å². The number of benzene rings is 4. The van der Waals surface area contributed by atoms with Crippen LogP contribution in [0.15, 0.2) is 127 Å². The van der Waals surface area contributed by atoms with Crippen LogP contribution in [0.4, 0.5) is 0 Å². The molecular weight excluding hydrogens is 600 g/mol. The minimum Gasteiger partial charge on any atom is -0.507 e. The van der Waals surface area contributed by atoms with Crippen LogP contribution >= 0.6 is 0 Å². The summed E-state index contributed by atoms with van der Waals surface area (Å²) in [6.07, 6.45) is 5.72. The summed E-state index contributed by atoms with van der Waals surface area (Å²) in [6, 6.07) is 32.2. The second-order valence-electron chi connectivity index (χ2n) is 12.9. The van der Waals surface area contributed by atoms with Crippen molar-refractivity contribution in [1.82, 2.24) is 9.80 Å². The quantitative estimate of drug-likeness (QED) is 0.102. The second-order valence-corrected chi connectivity index (χ2v) is 12.9. The molecule has 0 amide bonds. The first-order valence-corrected chi connectivity index (χ1v) is 16.7. The van der Waals surface area contributed by atoms with E-state index in [-0.39, 0.29) is 31.3 Å². The maximum atomic E-state index is 11.7. The fraction of sp³-hybridized carbons (Fsp3) is 0.317. The van der Waals surface area contributed by atoms with Crippen molar-refractivity contribution < 1.29 is 25.5 Å². The summed E-state index contributed by atoms with van der Waals surface area (Å²) in [5, 5.41) is 56.5. The Morgan fingerprint density at radius 3 is 1.42 bits per heavy atom. The molecule has 0 aromatic heterocycles. The third-order valence-electron chi connectivity index (χ3n) is 9.00. The highest BCUT2D eigenvalue weighted by atomic mass is 16.3. The van der Waals surface area contributed by atoms with E-state index in [0.29, 0.717) is 30.8 Å². The van der Waals surface area contributed by atoms with Crippen LogP contribution in [0.2, 0.25) is 0 Å². The van der Waals surface area contributed by atoms with Gasteiger partial charge in [-0.15, -0.1) is 0 Å². The Hall–Kier alpha value is -4.08. The number of aryl methyl sites for hydroxylation is 1. The Labute approximate surface area is 284 Å². The topological polar surface area (TPSA) is 108 Å². The highest BCUT2D eigenvalue weighted by molar-refractivity contribution is 5.43. The highest BCUT2D eigenvalue weighted by Crippen LogP contribution is 2.30. The molecule has 1 unspecified atom stereocenters. The van der Waals surface area contributed by atoms with Gasteiger partial charge in [-0.2, -0.15) is 0 Å². The Balaban J connectivity index is 1.39. The molecule has 0 bridgehead atoms. The molecule has 0 spiro atoms. The minimum atomic E-state index is -0.791. The third kappa shape index (κ3) is 9.97. The van der Waals surface area contributed by atoms with E-state index in [2.05, 4.69) is 0 Å². The van der Waals surface area contributed by atoms with Gasteiger partial charge in [0.25, 0.3) is 0 Å². The van der Waals surface area contributed by atoms with Crippen LogP contribution in [0.1, 0.15) is 58.1 Å². The lowest BCUT2D eigenvalue weighted by atomic mass is 9.94. The number of phenols is 1. The number of aromatic hydroxyl groups is 1. The number of hydrogen-bond donors (Lipinski definition) is 5. The smallest absolute Gasteiger partial charge is 0.124 e. The molecule has 0 aliphatic heterocycles. The zero-order valence-electron chi connectivity index (χ0n) is 27.6. The predicted molar refractivity (Wildman–Crippen MR) is 190 cm³/mol. The van der Waals surface area contributed by atoms with Crippen LogP contribution in [-0.2, 0) is 13.1 Å². The normalized spacial score (nSPS) is 17.0. The molecule has 0 saturated heterocycles. The number of nitrogens with zero attached hydrogens (tertiary/aromatic N) is 2. The van der Waals surface area contributed by atoms with Crippen molar-refractivity contribution >= 4 is 0 Å². The molecule has 5 rings (SSSR count). The van der Waals surface area contributed by atoms with E-state index in [1.165, 1.54) is 0 Å². The fourth-order valence-corrected chi connectivity index (χ4v) is 6.42. The van der Waals surface area contributed by atoms with Crippen molar-refractivity contribution in [3.8, 4) is 5.75 Å². The number of aliphatic hydroxyl groups is 4. The molecule has 4 aromatic rings. The van der Waals surface area contributed by atoms with E-state index in [4.69, 9.17) is 0 Å². The maximum absolute atomic E-state index is 11.7. The minimum absolute atomic E-state index is 0.0336. The van der Waals surface area contributed by atoms with Gasteiger partial charge in [0, 0.05) is 56.3 Å². The van der Waals surface area contributed by atoms with E-state index in [9.17, 15) is 25.5 Å². The van der Waals surface area contributed by atoms with Gasteiger partial charge in [0.05, 0.1) is 24.4 Å². The van der Waals surface area contributed by atoms with E-state index in [0.717, 1.165) is 28.7 Å². The molecule has 0 radical (unpaired) electrons. The number of allylic oxidation sites excluding steroid dienone is 3. The number of phenolic OH excluding ortho intramolecular Hbond substituents is 1. The first-order chi connectivity index (χ1) is 23.3. The van der Waals surface area contributed by atoms with E-state index < -0.39 is 24.4 Å². The second kappa shape index (κ2) is 17.4. The van der Waals surface area contributed by atoms with Crippen LogP contribution in [0.25, 0.3) is 0 Å². The molecule has 4 aromatic carbocycles. The number of aliphatic hydroxyl groups excluding tert-OH is 4. The summed E-state index contributed by atoms with van der Waals surface area (Å²) < 4.78 is 0. The summed E-state index contributed by atoms with van der Waals surface area (Å²) in [5.74, 6) is 0.0943. The molecule has 7 nitrogen and oxygen atoms in total. The van der Waals surface area contributed by atoms with E-state index >= 15 is 0 Å². The standard InChI is InChI=1S/C41H48N2O5/c1-30-22-35(24-42(26-37(44)31-14-6-2-7-15-31)27-38(45)32-16-8-3-9-17-32)41(48)36(23-30)25-43(28-39(46)33-18-10-4-11-19-33)29-40(47)34-20-12-5-13-21-34/h2-20,22-23,34,37-40,44-48H,21,24-29H2,1H3/t34?,37-,38-,39-,40-/m0/s1. The third-order valence-corrected chi connectivity index (χ3v) is 9.00. The van der Waals surface area contributed by atoms with E-state index in [1.54, 1.807) is 0 Å². The molecule has 1 aliphatic carbocycles. The summed E-state index contributed by atoms with van der Waals surface area (Å²) in [5.41, 5.74) is 4.66. The van der Waals surface area contributed by atoms with Gasteiger partial charge < -0.3 is 25.5 Å². The van der Waals surface area contributed by atoms with E-state index in [1.807, 2.05) is 144 Å². The molecule has 252 valence electrons. The lowest BCUT2D eigenvalue weighted by molar-refractivity contribution is 0.0470. The lowest BCUT2D eigenvalue weighted by Gasteiger charge is -2.31. The van der Waals surface area contributed by atoms with Gasteiger partial charge in [-0.05, 0) is 30.0 Å². The van der Waals surface area contributed by atoms with Crippen molar-refractivity contribution in [2.24, 2.45) is 5.92 Å². The molecule has 5 atom stereocenters. The Kier molecular flexibility index (Phi) is 12.7. The van der Waals surface area contributed by atoms with Crippen LogP contribution in [0.3, 0.4) is 0 Å². The van der Waals surface area contributed by atoms with Gasteiger partial charge in [0.2, 0.25) is 0 Å². The molecular formula is C41H48N2O5. The first kappa shape index (κ1) is 35.2. The Morgan fingerprint density at radius 1 is 0.604 bits per heavy atom. The first-order valence-electron chi connectivity index (χ1n) is 16.7. The van der Waals surface area contributed by atoms with Gasteiger partial charge in [0.1, 0.15) is 5.75 Å². The molecule has 0 heterocycles. The van der Waals surface area contributed by atoms with Crippen molar-refractivity contribution in [3.63, 3.8) is 0 Å². The molecule has 1 aliphatic rings. The summed E-state index contributed by atoms with van der Waals surface area (Å²) in [6.45, 7) is 3.67. The Morgan fingerprint density at radius 2 is 1.02 bits per heavy atom. The fourth-order valence-electron chi connectivity index (χ4n) is 6.42. The van der Waals surface area contributed by atoms with Crippen LogP contribution in [-0.4, -0.2) is 67.6 Å². The Bertz CT molecular complexity index is 1560. The average Bonchev–Trinajstić information content (AvgIpc) is 3.11. The number of rotatable bonds is 16. The van der Waals surface area contributed by atoms with Gasteiger partial charge in [-0.1, -0.05) is 133 Å². The van der Waals surface area contributed by atoms with Crippen LogP contribution in [0.5, 0.6) is 5.75 Å². The maximum Gasteiger partial charge on any atom is 0.124 e. The number of hydrogen-bond acceptors (Lipinski definition) is 7. The zero-order chi connectivity index (χ0) is 33.9. The summed E-state index contributed by atoms with van der Waals surface area (Å²) in [4.78, 5) is 3.97. The largest absolute Gasteiger partial charge is 0.507 e. The van der Waals surface area contributed by atoms with Crippen molar-refractivity contribution in [1.29, 1.82) is 0 Å². The summed E-state index contributed by atoms with van der Waals surface area (Å²) >= 11 is 0. The van der Waals surface area contributed by atoms with Crippen molar-refractivity contribution in [2.75, 3.05) is 26.2 Å². The molecule has 7 heteroatoms. The predicted octanol–water partition coefficient (Wildman–Crippen LogP) is 6.00. The molecule has 0 saturated carbocycles. The lowest BCUT2D eigenvalue weighted by Crippen LogP contribution is -2.38. The van der Waals surface area contributed by atoms with Crippen LogP contribution in [0, 0.1) is 12.8 Å². The molecule has 0 fully saturated rings. The van der Waals surface area contributed by atoms with Gasteiger partial charge in [0.15, 0.2) is 0 Å². The molecule has 48 heavy (non-hydrogen) atoms. The van der Waals surface area contributed by atoms with Gasteiger partial charge >= 0.3 is 0 Å². The van der Waals surface area contributed by atoms with Gasteiger partial charge in [-0.25, -0.2) is 0 Å². The SMILES string of the molecule is Cc1cc(CN(C[C@H](O)c2ccccc2)C[C@H](O)c2ccccc2)c(O)c(CN(C[C@H](O)c2ccccc2)C[C@H](O)C2C=CC=CC2)c1. The van der Waals surface area contributed by atoms with Gasteiger partial charge in [-0.3, -0.25) is 9.80 Å². The van der Waals surface area contributed by atoms with Crippen molar-refractivity contribution in [2.45, 2.75) is 50.8 Å². The highest BCUT2D eigenvalue weighted by Gasteiger charge is 2.25. The summed E-state index contributed by atoms with van der Waals surface area (Å²) in [7, 11) is 0. The average molecular weight is 649 g/mol. The monoisotopic (exact) mass is 648 g/mol. The molecule has 5 N–H and O–H groups in total. The van der Waals surface area contributed by atoms with Crippen molar-refractivity contribution in [3.05, 3.63) is 161 Å². The zero-order valence-corrected chi connectivity index (χ0v) is 27.6.